The van der Waals surface area contributed by atoms with Gasteiger partial charge in [0.2, 0.25) is 0 Å². The first-order valence-corrected chi connectivity index (χ1v) is 8.40. The third-order valence-corrected chi connectivity index (χ3v) is 3.70. The van der Waals surface area contributed by atoms with Gasteiger partial charge in [-0.05, 0) is 43.5 Å². The highest BCUT2D eigenvalue weighted by Crippen LogP contribution is 2.04. The molecule has 1 rings (SSSR count). The topological polar surface area (TPSA) is 51.2 Å². The van der Waals surface area contributed by atoms with Crippen molar-refractivity contribution >= 4 is 17.7 Å². The summed E-state index contributed by atoms with van der Waals surface area (Å²) in [4.78, 5) is 15.5. The lowest BCUT2D eigenvalue weighted by molar-refractivity contribution is 0.0600. The molecule has 0 fully saturated rings. The van der Waals surface area contributed by atoms with E-state index in [0.29, 0.717) is 5.56 Å². The predicted molar refractivity (Wildman–Crippen MR) is 84.1 cm³/mol. The number of hydrogen-bond acceptors (Lipinski definition) is 5. The minimum Gasteiger partial charge on any atom is -0.465 e. The molecule has 1 N–H and O–H groups in total. The van der Waals surface area contributed by atoms with E-state index in [1.807, 2.05) is 17.8 Å². The maximum absolute atomic E-state index is 11.3. The van der Waals surface area contributed by atoms with Crippen LogP contribution in [0, 0.1) is 0 Å². The van der Waals surface area contributed by atoms with E-state index in [9.17, 15) is 4.79 Å². The van der Waals surface area contributed by atoms with Crippen molar-refractivity contribution in [2.45, 2.75) is 32.2 Å². The van der Waals surface area contributed by atoms with Crippen molar-refractivity contribution in [1.29, 1.82) is 0 Å². The van der Waals surface area contributed by atoms with E-state index in [-0.39, 0.29) is 5.97 Å². The lowest BCUT2D eigenvalue weighted by Crippen LogP contribution is -2.15. The number of ether oxygens (including phenoxy) is 1. The van der Waals surface area contributed by atoms with Crippen LogP contribution in [0.1, 0.15) is 41.7 Å². The number of unbranched alkanes of at least 4 members (excludes halogenated alkanes) is 3. The van der Waals surface area contributed by atoms with Crippen LogP contribution in [0.4, 0.5) is 0 Å². The summed E-state index contributed by atoms with van der Waals surface area (Å²) >= 11 is 1.92. The quantitative estimate of drug-likeness (QED) is 0.531. The average Bonchev–Trinajstić information content (AvgIpc) is 2.50. The average molecular weight is 296 g/mol. The normalized spacial score (nSPS) is 10.5. The number of carbonyl (C=O) groups excluding carboxylic acids is 1. The number of nitrogens with zero attached hydrogens (tertiary/aromatic N) is 1. The number of aromatic nitrogens is 1. The number of pyridine rings is 1. The summed E-state index contributed by atoms with van der Waals surface area (Å²) in [5, 5.41) is 3.37. The predicted octanol–water partition coefficient (Wildman–Crippen LogP) is 2.88. The molecule has 112 valence electrons. The smallest absolute Gasteiger partial charge is 0.339 e. The van der Waals surface area contributed by atoms with Crippen LogP contribution in [-0.2, 0) is 11.3 Å². The fourth-order valence-corrected chi connectivity index (χ4v) is 2.33. The zero-order valence-corrected chi connectivity index (χ0v) is 13.2. The molecular formula is C15H24N2O2S. The molecule has 0 bridgehead atoms. The highest BCUT2D eigenvalue weighted by atomic mass is 32.2. The van der Waals surface area contributed by atoms with Gasteiger partial charge in [-0.25, -0.2) is 4.79 Å². The van der Waals surface area contributed by atoms with Gasteiger partial charge in [-0.2, -0.15) is 11.8 Å². The molecule has 0 aliphatic rings. The molecule has 0 atom stereocenters. The highest BCUT2D eigenvalue weighted by Gasteiger charge is 2.04. The molecule has 0 aliphatic carbocycles. The maximum atomic E-state index is 11.3. The summed E-state index contributed by atoms with van der Waals surface area (Å²) in [6, 6.07) is 3.61. The molecule has 5 heteroatoms. The van der Waals surface area contributed by atoms with E-state index in [0.717, 1.165) is 18.8 Å². The van der Waals surface area contributed by atoms with Crippen LogP contribution in [0.5, 0.6) is 0 Å². The summed E-state index contributed by atoms with van der Waals surface area (Å²) in [5.74, 6) is 0.923. The maximum Gasteiger partial charge on any atom is 0.339 e. The SMILES string of the molecule is COC(=O)c1ccc(CNCCCCCCSC)nc1. The van der Waals surface area contributed by atoms with Crippen molar-refractivity contribution in [2.75, 3.05) is 25.7 Å². The largest absolute Gasteiger partial charge is 0.465 e. The third kappa shape index (κ3) is 6.91. The summed E-state index contributed by atoms with van der Waals surface area (Å²) in [7, 11) is 1.37. The van der Waals surface area contributed by atoms with Gasteiger partial charge in [0.25, 0.3) is 0 Å². The number of methoxy groups -OCH3 is 1. The highest BCUT2D eigenvalue weighted by molar-refractivity contribution is 7.98. The van der Waals surface area contributed by atoms with Crippen molar-refractivity contribution in [3.05, 3.63) is 29.6 Å². The van der Waals surface area contributed by atoms with Crippen molar-refractivity contribution in [3.8, 4) is 0 Å². The molecule has 0 saturated heterocycles. The van der Waals surface area contributed by atoms with Crippen LogP contribution < -0.4 is 5.32 Å². The van der Waals surface area contributed by atoms with E-state index in [2.05, 4.69) is 21.3 Å². The number of hydrogen-bond donors (Lipinski definition) is 1. The molecule has 1 heterocycles. The molecular weight excluding hydrogens is 272 g/mol. The van der Waals surface area contributed by atoms with E-state index >= 15 is 0 Å². The zero-order valence-electron chi connectivity index (χ0n) is 12.4. The van der Waals surface area contributed by atoms with Gasteiger partial charge in [-0.15, -0.1) is 0 Å². The number of nitrogens with one attached hydrogen (secondary N) is 1. The lowest BCUT2D eigenvalue weighted by atomic mass is 10.2. The summed E-state index contributed by atoms with van der Waals surface area (Å²) in [5.41, 5.74) is 1.44. The molecule has 20 heavy (non-hydrogen) atoms. The first-order valence-electron chi connectivity index (χ1n) is 7.01. The monoisotopic (exact) mass is 296 g/mol. The first kappa shape index (κ1) is 17.0. The second kappa shape index (κ2) is 10.7. The molecule has 0 spiro atoms. The zero-order chi connectivity index (χ0) is 14.6. The molecule has 0 aliphatic heterocycles. The number of esters is 1. The Morgan fingerprint density at radius 2 is 2.10 bits per heavy atom. The minimum atomic E-state index is -0.345. The lowest BCUT2D eigenvalue weighted by Gasteiger charge is -2.05. The van der Waals surface area contributed by atoms with Crippen molar-refractivity contribution < 1.29 is 9.53 Å². The van der Waals surface area contributed by atoms with E-state index in [4.69, 9.17) is 0 Å². The van der Waals surface area contributed by atoms with Crippen LogP contribution in [0.25, 0.3) is 0 Å². The van der Waals surface area contributed by atoms with Gasteiger partial charge >= 0.3 is 5.97 Å². The van der Waals surface area contributed by atoms with Gasteiger partial charge < -0.3 is 10.1 Å². The standard InChI is InChI=1S/C15H24N2O2S/c1-19-15(18)13-7-8-14(17-11-13)12-16-9-5-3-4-6-10-20-2/h7-8,11,16H,3-6,9-10,12H2,1-2H3. The molecule has 0 unspecified atom stereocenters. The fraction of sp³-hybridized carbons (Fsp3) is 0.600. The second-order valence-corrected chi connectivity index (χ2v) is 5.60. The molecule has 0 amide bonds. The molecule has 0 aromatic carbocycles. The van der Waals surface area contributed by atoms with Gasteiger partial charge in [0.1, 0.15) is 0 Å². The van der Waals surface area contributed by atoms with Crippen LogP contribution in [-0.4, -0.2) is 36.6 Å². The molecule has 4 nitrogen and oxygen atoms in total. The molecule has 0 radical (unpaired) electrons. The van der Waals surface area contributed by atoms with Crippen LogP contribution in [0.2, 0.25) is 0 Å². The van der Waals surface area contributed by atoms with Crippen molar-refractivity contribution in [2.24, 2.45) is 0 Å². The Hall–Kier alpha value is -1.07. The minimum absolute atomic E-state index is 0.345. The molecule has 0 saturated carbocycles. The Balaban J connectivity index is 2.11. The van der Waals surface area contributed by atoms with Crippen LogP contribution in [0.3, 0.4) is 0 Å². The first-order chi connectivity index (χ1) is 9.77. The van der Waals surface area contributed by atoms with Crippen LogP contribution >= 0.6 is 11.8 Å². The Morgan fingerprint density at radius 1 is 1.30 bits per heavy atom. The van der Waals surface area contributed by atoms with Crippen molar-refractivity contribution in [3.63, 3.8) is 0 Å². The van der Waals surface area contributed by atoms with Gasteiger partial charge in [-0.3, -0.25) is 4.98 Å². The summed E-state index contributed by atoms with van der Waals surface area (Å²) in [6.07, 6.45) is 8.83. The Morgan fingerprint density at radius 3 is 2.75 bits per heavy atom. The fourth-order valence-electron chi connectivity index (χ4n) is 1.83. The van der Waals surface area contributed by atoms with E-state index in [1.54, 1.807) is 12.3 Å². The van der Waals surface area contributed by atoms with Crippen LogP contribution in [0.15, 0.2) is 18.3 Å². The van der Waals surface area contributed by atoms with E-state index < -0.39 is 0 Å². The van der Waals surface area contributed by atoms with Gasteiger partial charge in [0.15, 0.2) is 0 Å². The molecule has 1 aromatic rings. The Bertz CT molecular complexity index is 382. The second-order valence-electron chi connectivity index (χ2n) is 4.61. The van der Waals surface area contributed by atoms with Gasteiger partial charge in [0.05, 0.1) is 18.4 Å². The third-order valence-electron chi connectivity index (χ3n) is 3.00. The number of carbonyl (C=O) groups is 1. The molecule has 1 aromatic heterocycles. The van der Waals surface area contributed by atoms with Crippen molar-refractivity contribution in [1.82, 2.24) is 10.3 Å². The van der Waals surface area contributed by atoms with E-state index in [1.165, 1.54) is 38.5 Å². The summed E-state index contributed by atoms with van der Waals surface area (Å²) in [6.45, 7) is 1.76. The summed E-state index contributed by atoms with van der Waals surface area (Å²) < 4.78 is 4.63. The number of rotatable bonds is 10. The number of thioether (sulfide) groups is 1. The van der Waals surface area contributed by atoms with Gasteiger partial charge in [0, 0.05) is 12.7 Å². The Kier molecular flexibility index (Phi) is 9.07. The van der Waals surface area contributed by atoms with Gasteiger partial charge in [-0.1, -0.05) is 12.8 Å². The Labute approximate surface area is 125 Å².